The van der Waals surface area contributed by atoms with Gasteiger partial charge in [0.05, 0.1) is 6.10 Å². The number of hydrogen-bond donors (Lipinski definition) is 1. The number of allylic oxidation sites excluding steroid dienone is 1. The Hall–Kier alpha value is -1.64. The summed E-state index contributed by atoms with van der Waals surface area (Å²) < 4.78 is 6.09. The third-order valence-electron chi connectivity index (χ3n) is 5.90. The van der Waals surface area contributed by atoms with Gasteiger partial charge in [-0.25, -0.2) is 0 Å². The van der Waals surface area contributed by atoms with E-state index in [9.17, 15) is 5.11 Å². The van der Waals surface area contributed by atoms with Gasteiger partial charge >= 0.3 is 0 Å². The highest BCUT2D eigenvalue weighted by Crippen LogP contribution is 2.48. The number of ether oxygens (including phenoxy) is 1. The molecule has 2 nitrogen and oxygen atoms in total. The van der Waals surface area contributed by atoms with Crippen LogP contribution in [0.4, 0.5) is 0 Å². The SMILES string of the molecule is C=C(c1ccc2ccccc2c1)[C@H]1CCC(C)(C)[C@H](OCC)[C@H]1CO. The summed E-state index contributed by atoms with van der Waals surface area (Å²) in [5.41, 5.74) is 2.39. The van der Waals surface area contributed by atoms with Crippen molar-refractivity contribution in [3.05, 3.63) is 54.6 Å². The van der Waals surface area contributed by atoms with Gasteiger partial charge in [-0.3, -0.25) is 0 Å². The van der Waals surface area contributed by atoms with Gasteiger partial charge < -0.3 is 9.84 Å². The molecule has 0 amide bonds. The lowest BCUT2D eigenvalue weighted by Gasteiger charge is -2.47. The lowest BCUT2D eigenvalue weighted by atomic mass is 9.62. The molecule has 0 heterocycles. The summed E-state index contributed by atoms with van der Waals surface area (Å²) in [4.78, 5) is 0. The Kier molecular flexibility index (Phi) is 5.31. The monoisotopic (exact) mass is 338 g/mol. The van der Waals surface area contributed by atoms with Gasteiger partial charge in [-0.2, -0.15) is 0 Å². The van der Waals surface area contributed by atoms with Crippen LogP contribution in [0.15, 0.2) is 49.0 Å². The van der Waals surface area contributed by atoms with Gasteiger partial charge in [0.25, 0.3) is 0 Å². The minimum absolute atomic E-state index is 0.0680. The van der Waals surface area contributed by atoms with E-state index in [0.717, 1.165) is 18.4 Å². The van der Waals surface area contributed by atoms with E-state index in [1.807, 2.05) is 6.92 Å². The van der Waals surface area contributed by atoms with E-state index < -0.39 is 0 Å². The molecular formula is C23H30O2. The summed E-state index contributed by atoms with van der Waals surface area (Å²) >= 11 is 0. The molecule has 0 aromatic heterocycles. The van der Waals surface area contributed by atoms with Crippen LogP contribution in [0.2, 0.25) is 0 Å². The van der Waals surface area contributed by atoms with Crippen molar-refractivity contribution in [1.82, 2.24) is 0 Å². The van der Waals surface area contributed by atoms with Crippen molar-refractivity contribution >= 4 is 16.3 Å². The zero-order valence-corrected chi connectivity index (χ0v) is 15.7. The molecule has 0 saturated heterocycles. The molecule has 2 aromatic carbocycles. The highest BCUT2D eigenvalue weighted by Gasteiger charge is 2.45. The molecule has 3 rings (SSSR count). The Labute approximate surface area is 151 Å². The molecule has 2 heteroatoms. The van der Waals surface area contributed by atoms with E-state index in [1.165, 1.54) is 16.3 Å². The summed E-state index contributed by atoms with van der Waals surface area (Å²) in [6.07, 6.45) is 2.21. The molecule has 134 valence electrons. The predicted octanol–water partition coefficient (Wildman–Crippen LogP) is 5.30. The van der Waals surface area contributed by atoms with Gasteiger partial charge in [0.2, 0.25) is 0 Å². The minimum atomic E-state index is 0.0680. The van der Waals surface area contributed by atoms with E-state index in [4.69, 9.17) is 4.74 Å². The van der Waals surface area contributed by atoms with E-state index in [1.54, 1.807) is 0 Å². The maximum Gasteiger partial charge on any atom is 0.0681 e. The Bertz CT molecular complexity index is 747. The minimum Gasteiger partial charge on any atom is -0.396 e. The molecule has 1 aliphatic carbocycles. The summed E-state index contributed by atoms with van der Waals surface area (Å²) in [5.74, 6) is 0.360. The van der Waals surface area contributed by atoms with Crippen molar-refractivity contribution in [2.24, 2.45) is 17.3 Å². The second-order valence-corrected chi connectivity index (χ2v) is 7.94. The second kappa shape index (κ2) is 7.31. The van der Waals surface area contributed by atoms with E-state index in [-0.39, 0.29) is 30.0 Å². The molecular weight excluding hydrogens is 308 g/mol. The summed E-state index contributed by atoms with van der Waals surface area (Å²) in [6.45, 7) is 11.8. The molecule has 1 N–H and O–H groups in total. The van der Waals surface area contributed by atoms with Gasteiger partial charge in [0.1, 0.15) is 0 Å². The normalized spacial score (nSPS) is 25.8. The first-order valence-corrected chi connectivity index (χ1v) is 9.38. The largest absolute Gasteiger partial charge is 0.396 e. The number of rotatable bonds is 5. The van der Waals surface area contributed by atoms with Crippen LogP contribution in [0.5, 0.6) is 0 Å². The molecule has 0 spiro atoms. The average molecular weight is 338 g/mol. The standard InChI is InChI=1S/C23H30O2/c1-5-25-22-21(15-24)20(12-13-23(22,3)4)16(2)18-11-10-17-8-6-7-9-19(17)14-18/h6-11,14,20-22,24H,2,5,12-13,15H2,1,3-4H3/t20-,21+,22-/m1/s1. The van der Waals surface area contributed by atoms with Crippen molar-refractivity contribution in [2.45, 2.75) is 39.7 Å². The topological polar surface area (TPSA) is 29.5 Å². The van der Waals surface area contributed by atoms with Crippen LogP contribution in [0.3, 0.4) is 0 Å². The van der Waals surface area contributed by atoms with Crippen LogP contribution in [-0.2, 0) is 4.74 Å². The highest BCUT2D eigenvalue weighted by atomic mass is 16.5. The molecule has 0 unspecified atom stereocenters. The predicted molar refractivity (Wildman–Crippen MR) is 105 cm³/mol. The highest BCUT2D eigenvalue weighted by molar-refractivity contribution is 5.86. The summed E-state index contributed by atoms with van der Waals surface area (Å²) in [7, 11) is 0. The molecule has 25 heavy (non-hydrogen) atoms. The van der Waals surface area contributed by atoms with E-state index in [2.05, 4.69) is 62.9 Å². The van der Waals surface area contributed by atoms with Crippen LogP contribution in [0, 0.1) is 17.3 Å². The molecule has 0 bridgehead atoms. The summed E-state index contributed by atoms with van der Waals surface area (Å²) in [5, 5.41) is 12.6. The Morgan fingerprint density at radius 3 is 2.60 bits per heavy atom. The summed E-state index contributed by atoms with van der Waals surface area (Å²) in [6, 6.07) is 15.0. The van der Waals surface area contributed by atoms with Crippen LogP contribution < -0.4 is 0 Å². The van der Waals surface area contributed by atoms with E-state index in [0.29, 0.717) is 6.61 Å². The zero-order valence-electron chi connectivity index (χ0n) is 15.7. The fraction of sp³-hybridized carbons (Fsp3) is 0.478. The number of benzene rings is 2. The third kappa shape index (κ3) is 3.51. The van der Waals surface area contributed by atoms with Crippen LogP contribution in [0.25, 0.3) is 16.3 Å². The lowest BCUT2D eigenvalue weighted by molar-refractivity contribution is -0.105. The quantitative estimate of drug-likeness (QED) is 0.801. The fourth-order valence-electron chi connectivity index (χ4n) is 4.46. The van der Waals surface area contributed by atoms with Crippen molar-refractivity contribution in [1.29, 1.82) is 0 Å². The first kappa shape index (κ1) is 18.2. The van der Waals surface area contributed by atoms with E-state index >= 15 is 0 Å². The molecule has 1 saturated carbocycles. The van der Waals surface area contributed by atoms with Gasteiger partial charge in [-0.1, -0.05) is 56.8 Å². The number of hydrogen-bond acceptors (Lipinski definition) is 2. The van der Waals surface area contributed by atoms with Gasteiger partial charge in [0.15, 0.2) is 0 Å². The molecule has 2 aromatic rings. The molecule has 1 aliphatic rings. The average Bonchev–Trinajstić information content (AvgIpc) is 2.62. The Morgan fingerprint density at radius 2 is 1.92 bits per heavy atom. The maximum absolute atomic E-state index is 10.1. The molecule has 3 atom stereocenters. The van der Waals surface area contributed by atoms with Crippen molar-refractivity contribution in [3.8, 4) is 0 Å². The first-order valence-electron chi connectivity index (χ1n) is 9.38. The lowest BCUT2D eigenvalue weighted by Crippen LogP contribution is -2.47. The van der Waals surface area contributed by atoms with Crippen LogP contribution in [0.1, 0.15) is 39.2 Å². The fourth-order valence-corrected chi connectivity index (χ4v) is 4.46. The van der Waals surface area contributed by atoms with Crippen molar-refractivity contribution in [3.63, 3.8) is 0 Å². The van der Waals surface area contributed by atoms with Crippen LogP contribution in [-0.4, -0.2) is 24.4 Å². The number of aliphatic hydroxyl groups excluding tert-OH is 1. The van der Waals surface area contributed by atoms with Crippen LogP contribution >= 0.6 is 0 Å². The number of aliphatic hydroxyl groups is 1. The van der Waals surface area contributed by atoms with Gasteiger partial charge in [-0.05, 0) is 59.1 Å². The molecule has 0 radical (unpaired) electrons. The maximum atomic E-state index is 10.1. The zero-order chi connectivity index (χ0) is 18.0. The van der Waals surface area contributed by atoms with Gasteiger partial charge in [-0.15, -0.1) is 0 Å². The molecule has 1 fully saturated rings. The third-order valence-corrected chi connectivity index (χ3v) is 5.90. The number of fused-ring (bicyclic) bond motifs is 1. The Morgan fingerprint density at radius 1 is 1.20 bits per heavy atom. The van der Waals surface area contributed by atoms with Gasteiger partial charge in [0, 0.05) is 19.1 Å². The molecule has 0 aliphatic heterocycles. The second-order valence-electron chi connectivity index (χ2n) is 7.94. The van der Waals surface area contributed by atoms with Crippen molar-refractivity contribution in [2.75, 3.05) is 13.2 Å². The van der Waals surface area contributed by atoms with Crippen molar-refractivity contribution < 1.29 is 9.84 Å². The Balaban J connectivity index is 1.91. The smallest absolute Gasteiger partial charge is 0.0681 e. The first-order chi connectivity index (χ1) is 12.0.